The first-order valence-electron chi connectivity index (χ1n) is 12.1. The molecule has 2 aromatic carbocycles. The number of nitrogens with zero attached hydrogens (tertiary/aromatic N) is 1. The summed E-state index contributed by atoms with van der Waals surface area (Å²) < 4.78 is 15.6. The van der Waals surface area contributed by atoms with Gasteiger partial charge in [-0.2, -0.15) is 0 Å². The number of benzene rings is 2. The molecule has 1 aliphatic carbocycles. The summed E-state index contributed by atoms with van der Waals surface area (Å²) in [6.45, 7) is 3.07. The number of rotatable bonds is 7. The third-order valence-corrected chi connectivity index (χ3v) is 6.83. The summed E-state index contributed by atoms with van der Waals surface area (Å²) >= 11 is 0. The first kappa shape index (κ1) is 25.2. The second-order valence-electron chi connectivity index (χ2n) is 8.97. The van der Waals surface area contributed by atoms with E-state index in [2.05, 4.69) is 0 Å². The Bertz CT molecular complexity index is 1250. The number of ether oxygens (including phenoxy) is 3. The van der Waals surface area contributed by atoms with Crippen molar-refractivity contribution in [1.29, 1.82) is 0 Å². The summed E-state index contributed by atoms with van der Waals surface area (Å²) in [6, 6.07) is 13.2. The van der Waals surface area contributed by atoms with Gasteiger partial charge in [-0.15, -0.1) is 0 Å². The van der Waals surface area contributed by atoms with Crippen molar-refractivity contribution in [2.24, 2.45) is 0 Å². The highest BCUT2D eigenvalue weighted by Gasteiger charge is 2.34. The molecule has 36 heavy (non-hydrogen) atoms. The van der Waals surface area contributed by atoms with Crippen molar-refractivity contribution < 1.29 is 28.6 Å². The summed E-state index contributed by atoms with van der Waals surface area (Å²) in [5.74, 6) is -0.224. The molecule has 0 radical (unpaired) electrons. The maximum Gasteiger partial charge on any atom is 0.254 e. The Balaban J connectivity index is 1.74. The lowest BCUT2D eigenvalue weighted by atomic mass is 9.87. The first-order valence-corrected chi connectivity index (χ1v) is 12.1. The molecule has 1 fully saturated rings. The van der Waals surface area contributed by atoms with Gasteiger partial charge in [0, 0.05) is 36.2 Å². The maximum absolute atomic E-state index is 13.6. The summed E-state index contributed by atoms with van der Waals surface area (Å²) in [4.78, 5) is 41.5. The number of hydrogen-bond acceptors (Lipinski definition) is 6. The number of carbonyl (C=O) groups is 3. The van der Waals surface area contributed by atoms with Crippen LogP contribution in [0.4, 0.5) is 0 Å². The van der Waals surface area contributed by atoms with Crippen molar-refractivity contribution in [3.05, 3.63) is 76.3 Å². The van der Waals surface area contributed by atoms with E-state index in [0.717, 1.165) is 54.8 Å². The molecule has 1 heterocycles. The molecule has 0 atom stereocenters. The molecule has 1 amide bonds. The molecule has 0 spiro atoms. The SMILES string of the molecule is COC1=C(OC)C(=O)C(Cc2ccc(-c3ccc(OC)cc3)c(C(=O)N3CCCCC3)c2)=C(C)C1=O. The Labute approximate surface area is 211 Å². The van der Waals surface area contributed by atoms with Crippen molar-refractivity contribution in [2.75, 3.05) is 34.4 Å². The zero-order valence-electron chi connectivity index (χ0n) is 21.2. The minimum absolute atomic E-state index is 0.0294. The average molecular weight is 490 g/mol. The van der Waals surface area contributed by atoms with Crippen molar-refractivity contribution in [3.8, 4) is 16.9 Å². The van der Waals surface area contributed by atoms with E-state index in [9.17, 15) is 14.4 Å². The van der Waals surface area contributed by atoms with Crippen LogP contribution in [-0.2, 0) is 25.5 Å². The fourth-order valence-electron chi connectivity index (χ4n) is 4.78. The third-order valence-electron chi connectivity index (χ3n) is 6.83. The lowest BCUT2D eigenvalue weighted by Gasteiger charge is -2.28. The number of carbonyl (C=O) groups excluding carboxylic acids is 3. The molecule has 0 unspecified atom stereocenters. The van der Waals surface area contributed by atoms with Crippen LogP contribution < -0.4 is 4.74 Å². The van der Waals surface area contributed by atoms with Gasteiger partial charge in [0.15, 0.2) is 0 Å². The number of amides is 1. The first-order chi connectivity index (χ1) is 17.4. The van der Waals surface area contributed by atoms with Gasteiger partial charge < -0.3 is 19.1 Å². The van der Waals surface area contributed by atoms with Gasteiger partial charge in [-0.25, -0.2) is 0 Å². The third kappa shape index (κ3) is 4.78. The molecule has 2 aliphatic rings. The van der Waals surface area contributed by atoms with Crippen molar-refractivity contribution >= 4 is 17.5 Å². The van der Waals surface area contributed by atoms with E-state index < -0.39 is 0 Å². The van der Waals surface area contributed by atoms with Crippen LogP contribution in [0.25, 0.3) is 11.1 Å². The van der Waals surface area contributed by atoms with E-state index in [1.54, 1.807) is 14.0 Å². The van der Waals surface area contributed by atoms with E-state index in [4.69, 9.17) is 14.2 Å². The highest BCUT2D eigenvalue weighted by atomic mass is 16.5. The molecule has 4 rings (SSSR count). The fraction of sp³-hybridized carbons (Fsp3) is 0.345. The van der Waals surface area contributed by atoms with Gasteiger partial charge in [-0.1, -0.05) is 24.3 Å². The monoisotopic (exact) mass is 489 g/mol. The number of ketones is 2. The molecule has 7 nitrogen and oxygen atoms in total. The number of piperidine rings is 1. The molecular weight excluding hydrogens is 458 g/mol. The van der Waals surface area contributed by atoms with Gasteiger partial charge in [0.1, 0.15) is 5.75 Å². The summed E-state index contributed by atoms with van der Waals surface area (Å²) in [5, 5.41) is 0. The van der Waals surface area contributed by atoms with Gasteiger partial charge in [0.25, 0.3) is 5.91 Å². The van der Waals surface area contributed by atoms with Crippen LogP contribution in [0.15, 0.2) is 65.1 Å². The molecule has 0 N–H and O–H groups in total. The number of methoxy groups -OCH3 is 3. The molecule has 2 aromatic rings. The highest BCUT2D eigenvalue weighted by Crippen LogP contribution is 2.32. The standard InChI is InChI=1S/C29H31NO6/c1-18-23(26(32)28(36-4)27(35-3)25(18)31)16-19-8-13-22(20-9-11-21(34-2)12-10-20)24(17-19)29(33)30-14-6-5-7-15-30/h8-13,17H,5-7,14-16H2,1-4H3. The molecule has 1 saturated heterocycles. The van der Waals surface area contributed by atoms with Crippen LogP contribution in [0, 0.1) is 0 Å². The Hall–Kier alpha value is -3.87. The fourth-order valence-corrected chi connectivity index (χ4v) is 4.78. The molecule has 7 heteroatoms. The summed E-state index contributed by atoms with van der Waals surface area (Å²) in [7, 11) is 4.30. The van der Waals surface area contributed by atoms with Gasteiger partial charge >= 0.3 is 0 Å². The maximum atomic E-state index is 13.6. The molecule has 188 valence electrons. The Morgan fingerprint density at radius 2 is 1.47 bits per heavy atom. The normalized spacial score (nSPS) is 16.4. The summed E-state index contributed by atoms with van der Waals surface area (Å²) in [5.41, 5.74) is 3.71. The van der Waals surface area contributed by atoms with E-state index >= 15 is 0 Å². The quantitative estimate of drug-likeness (QED) is 0.533. The molecule has 0 bridgehead atoms. The van der Waals surface area contributed by atoms with Crippen LogP contribution >= 0.6 is 0 Å². The van der Waals surface area contributed by atoms with E-state index in [1.807, 2.05) is 47.4 Å². The minimum atomic E-state index is -0.380. The Morgan fingerprint density at radius 1 is 0.833 bits per heavy atom. The zero-order chi connectivity index (χ0) is 25.8. The lowest BCUT2D eigenvalue weighted by Crippen LogP contribution is -2.36. The van der Waals surface area contributed by atoms with E-state index in [0.29, 0.717) is 16.7 Å². The smallest absolute Gasteiger partial charge is 0.254 e. The second-order valence-corrected chi connectivity index (χ2v) is 8.97. The van der Waals surface area contributed by atoms with Crippen molar-refractivity contribution in [3.63, 3.8) is 0 Å². The lowest BCUT2D eigenvalue weighted by molar-refractivity contribution is -0.121. The highest BCUT2D eigenvalue weighted by molar-refractivity contribution is 6.23. The van der Waals surface area contributed by atoms with Crippen molar-refractivity contribution in [1.82, 2.24) is 4.90 Å². The number of allylic oxidation sites excluding steroid dienone is 2. The summed E-state index contributed by atoms with van der Waals surface area (Å²) in [6.07, 6.45) is 3.29. The predicted octanol–water partition coefficient (Wildman–Crippen LogP) is 4.50. The molecule has 0 saturated carbocycles. The van der Waals surface area contributed by atoms with Gasteiger partial charge in [0.2, 0.25) is 23.1 Å². The predicted molar refractivity (Wildman–Crippen MR) is 136 cm³/mol. The molecular formula is C29H31NO6. The number of likely N-dealkylation sites (tertiary alicyclic amines) is 1. The molecule has 0 aromatic heterocycles. The number of Topliss-reactive ketones (excluding diaryl/α,β-unsaturated/α-hetero) is 2. The average Bonchev–Trinajstić information content (AvgIpc) is 2.93. The van der Waals surface area contributed by atoms with Gasteiger partial charge in [-0.3, -0.25) is 14.4 Å². The topological polar surface area (TPSA) is 82.1 Å². The van der Waals surface area contributed by atoms with E-state index in [1.165, 1.54) is 14.2 Å². The minimum Gasteiger partial charge on any atom is -0.497 e. The van der Waals surface area contributed by atoms with Crippen LogP contribution in [0.3, 0.4) is 0 Å². The second kappa shape index (κ2) is 10.8. The van der Waals surface area contributed by atoms with Gasteiger partial charge in [-0.05, 0) is 61.1 Å². The van der Waals surface area contributed by atoms with Crippen LogP contribution in [0.5, 0.6) is 5.75 Å². The zero-order valence-corrected chi connectivity index (χ0v) is 21.2. The van der Waals surface area contributed by atoms with Crippen molar-refractivity contribution in [2.45, 2.75) is 32.6 Å². The van der Waals surface area contributed by atoms with Crippen LogP contribution in [-0.4, -0.2) is 56.8 Å². The Kier molecular flexibility index (Phi) is 7.58. The van der Waals surface area contributed by atoms with Crippen LogP contribution in [0.2, 0.25) is 0 Å². The Morgan fingerprint density at radius 3 is 2.08 bits per heavy atom. The largest absolute Gasteiger partial charge is 0.497 e. The van der Waals surface area contributed by atoms with Crippen LogP contribution in [0.1, 0.15) is 42.1 Å². The number of hydrogen-bond donors (Lipinski definition) is 0. The van der Waals surface area contributed by atoms with Gasteiger partial charge in [0.05, 0.1) is 21.3 Å². The van der Waals surface area contributed by atoms with E-state index in [-0.39, 0.29) is 35.4 Å². The molecule has 1 aliphatic heterocycles.